The Kier molecular flexibility index (Phi) is 6.76. The molecule has 0 aliphatic heterocycles. The number of nitrogens with one attached hydrogen (secondary N) is 1. The molecule has 1 aromatic carbocycles. The summed E-state index contributed by atoms with van der Waals surface area (Å²) in [6, 6.07) is 3.41. The number of benzene rings is 1. The Hall–Kier alpha value is -1.89. The van der Waals surface area contributed by atoms with E-state index in [2.05, 4.69) is 5.32 Å². The van der Waals surface area contributed by atoms with E-state index < -0.39 is 27.8 Å². The molecule has 1 rings (SSSR count). The smallest absolute Gasteiger partial charge is 0.326 e. The largest absolute Gasteiger partial charge is 0.480 e. The van der Waals surface area contributed by atoms with Gasteiger partial charge in [-0.15, -0.1) is 0 Å². The van der Waals surface area contributed by atoms with Crippen LogP contribution in [-0.4, -0.2) is 37.7 Å². The monoisotopic (exact) mass is 369 g/mol. The van der Waals surface area contributed by atoms with Gasteiger partial charge in [0.2, 0.25) is 0 Å². The van der Waals surface area contributed by atoms with Crippen molar-refractivity contribution in [2.45, 2.75) is 57.9 Å². The molecule has 2 N–H and O–H groups in total. The Morgan fingerprint density at radius 3 is 2.28 bits per heavy atom. The lowest BCUT2D eigenvalue weighted by Gasteiger charge is -2.21. The molecule has 0 heterocycles. The fourth-order valence-electron chi connectivity index (χ4n) is 2.41. The summed E-state index contributed by atoms with van der Waals surface area (Å²) < 4.78 is 23.8. The van der Waals surface area contributed by atoms with Crippen LogP contribution in [0.1, 0.15) is 56.5 Å². The van der Waals surface area contributed by atoms with E-state index in [1.165, 1.54) is 12.1 Å². The van der Waals surface area contributed by atoms with Crippen LogP contribution in [0.5, 0.6) is 0 Å². The van der Waals surface area contributed by atoms with Crippen molar-refractivity contribution in [2.24, 2.45) is 5.41 Å². The van der Waals surface area contributed by atoms with E-state index in [9.17, 15) is 23.1 Å². The van der Waals surface area contributed by atoms with Crippen molar-refractivity contribution in [1.29, 1.82) is 0 Å². The maximum Gasteiger partial charge on any atom is 0.326 e. The van der Waals surface area contributed by atoms with E-state index >= 15 is 0 Å². The summed E-state index contributed by atoms with van der Waals surface area (Å²) >= 11 is 0. The number of carbonyl (C=O) groups excluding carboxylic acids is 1. The predicted octanol–water partition coefficient (Wildman–Crippen LogP) is 2.66. The van der Waals surface area contributed by atoms with Gasteiger partial charge in [0, 0.05) is 11.8 Å². The molecule has 1 unspecified atom stereocenters. The number of aliphatic carboxylic acids is 1. The summed E-state index contributed by atoms with van der Waals surface area (Å²) in [5, 5.41) is 11.8. The Morgan fingerprint density at radius 1 is 1.24 bits per heavy atom. The second kappa shape index (κ2) is 7.99. The molecule has 0 aliphatic carbocycles. The fourth-order valence-corrected chi connectivity index (χ4v) is 3.44. The number of aryl methyl sites for hydroxylation is 1. The Morgan fingerprint density at radius 2 is 1.84 bits per heavy atom. The minimum absolute atomic E-state index is 0.0509. The number of hydrogen-bond donors (Lipinski definition) is 2. The van der Waals surface area contributed by atoms with Crippen molar-refractivity contribution < 1.29 is 23.1 Å². The van der Waals surface area contributed by atoms with Crippen molar-refractivity contribution in [2.75, 3.05) is 6.26 Å². The van der Waals surface area contributed by atoms with Gasteiger partial charge in [0.05, 0.1) is 4.90 Å². The summed E-state index contributed by atoms with van der Waals surface area (Å²) in [5.74, 6) is -1.69. The van der Waals surface area contributed by atoms with Crippen molar-refractivity contribution in [3.05, 3.63) is 29.3 Å². The molecule has 0 aliphatic rings. The highest BCUT2D eigenvalue weighted by Gasteiger charge is 2.24. The highest BCUT2D eigenvalue weighted by Crippen LogP contribution is 2.22. The third-order valence-electron chi connectivity index (χ3n) is 3.90. The third-order valence-corrected chi connectivity index (χ3v) is 5.08. The molecular weight excluding hydrogens is 342 g/mol. The summed E-state index contributed by atoms with van der Waals surface area (Å²) in [4.78, 5) is 23.9. The van der Waals surface area contributed by atoms with Crippen molar-refractivity contribution in [3.8, 4) is 0 Å². The molecule has 0 saturated heterocycles. The van der Waals surface area contributed by atoms with Crippen molar-refractivity contribution in [3.63, 3.8) is 0 Å². The van der Waals surface area contributed by atoms with Gasteiger partial charge in [-0.1, -0.05) is 33.8 Å². The molecule has 1 amide bonds. The summed E-state index contributed by atoms with van der Waals surface area (Å²) in [5.41, 5.74) is 0.714. The molecule has 0 aromatic heterocycles. The summed E-state index contributed by atoms with van der Waals surface area (Å²) in [6.45, 7) is 7.82. The van der Waals surface area contributed by atoms with Crippen LogP contribution in [0.15, 0.2) is 23.1 Å². The van der Waals surface area contributed by atoms with E-state index in [1.54, 1.807) is 6.07 Å². The van der Waals surface area contributed by atoms with Crippen LogP contribution in [0.2, 0.25) is 0 Å². The highest BCUT2D eigenvalue weighted by atomic mass is 32.2. The van der Waals surface area contributed by atoms with E-state index in [0.29, 0.717) is 24.8 Å². The lowest BCUT2D eigenvalue weighted by atomic mass is 9.88. The Balaban J connectivity index is 3.04. The number of carbonyl (C=O) groups is 2. The van der Waals surface area contributed by atoms with E-state index in [1.807, 2.05) is 27.7 Å². The first-order valence-corrected chi connectivity index (χ1v) is 10.1. The van der Waals surface area contributed by atoms with Gasteiger partial charge in [0.25, 0.3) is 5.91 Å². The zero-order valence-electron chi connectivity index (χ0n) is 15.4. The van der Waals surface area contributed by atoms with Crippen molar-refractivity contribution in [1.82, 2.24) is 5.32 Å². The molecule has 1 atom stereocenters. The standard InChI is InChI=1S/C18H27NO5S/c1-6-12-7-8-13(11-15(12)25(5,23)24)16(20)19-14(17(21)22)9-10-18(2,3)4/h7-8,11,14H,6,9-10H2,1-5H3,(H,19,20)(H,21,22). The number of hydrogen-bond acceptors (Lipinski definition) is 4. The maximum atomic E-state index is 12.4. The van der Waals surface area contributed by atoms with Gasteiger partial charge in [0.1, 0.15) is 6.04 Å². The minimum atomic E-state index is -3.47. The molecule has 0 radical (unpaired) electrons. The lowest BCUT2D eigenvalue weighted by Crippen LogP contribution is -2.41. The predicted molar refractivity (Wildman–Crippen MR) is 96.5 cm³/mol. The van der Waals surface area contributed by atoms with Gasteiger partial charge >= 0.3 is 5.97 Å². The average molecular weight is 369 g/mol. The third kappa shape index (κ3) is 6.49. The number of carboxylic acid groups (broad SMARTS) is 1. The quantitative estimate of drug-likeness (QED) is 0.769. The lowest BCUT2D eigenvalue weighted by molar-refractivity contribution is -0.139. The number of rotatable bonds is 7. The van der Waals surface area contributed by atoms with Crippen LogP contribution < -0.4 is 5.32 Å². The highest BCUT2D eigenvalue weighted by molar-refractivity contribution is 7.90. The van der Waals surface area contributed by atoms with Crippen LogP contribution in [0, 0.1) is 5.41 Å². The minimum Gasteiger partial charge on any atom is -0.480 e. The first-order valence-electron chi connectivity index (χ1n) is 8.22. The first-order chi connectivity index (χ1) is 11.3. The van der Waals surface area contributed by atoms with E-state index in [0.717, 1.165) is 6.26 Å². The van der Waals surface area contributed by atoms with Gasteiger partial charge < -0.3 is 10.4 Å². The zero-order valence-corrected chi connectivity index (χ0v) is 16.2. The van der Waals surface area contributed by atoms with E-state index in [4.69, 9.17) is 0 Å². The molecule has 0 spiro atoms. The maximum absolute atomic E-state index is 12.4. The van der Waals surface area contributed by atoms with Crippen LogP contribution >= 0.6 is 0 Å². The zero-order chi connectivity index (χ0) is 19.4. The topological polar surface area (TPSA) is 101 Å². The molecule has 140 valence electrons. The van der Waals surface area contributed by atoms with Gasteiger partial charge in [-0.25, -0.2) is 13.2 Å². The molecular formula is C18H27NO5S. The van der Waals surface area contributed by atoms with Gasteiger partial charge in [-0.05, 0) is 42.4 Å². The Bertz CT molecular complexity index is 747. The Labute approximate surface area is 149 Å². The second-order valence-electron chi connectivity index (χ2n) is 7.41. The van der Waals surface area contributed by atoms with Crippen LogP contribution in [0.3, 0.4) is 0 Å². The molecule has 0 saturated carbocycles. The van der Waals surface area contributed by atoms with Crippen LogP contribution in [0.4, 0.5) is 0 Å². The first kappa shape index (κ1) is 21.2. The van der Waals surface area contributed by atoms with Crippen molar-refractivity contribution >= 4 is 21.7 Å². The molecule has 0 bridgehead atoms. The van der Waals surface area contributed by atoms with Gasteiger partial charge in [-0.2, -0.15) is 0 Å². The van der Waals surface area contributed by atoms with Gasteiger partial charge in [-0.3, -0.25) is 4.79 Å². The number of sulfone groups is 1. The molecule has 1 aromatic rings. The van der Waals surface area contributed by atoms with Crippen LogP contribution in [-0.2, 0) is 21.1 Å². The summed E-state index contributed by atoms with van der Waals surface area (Å²) in [7, 11) is -3.47. The number of carboxylic acids is 1. The average Bonchev–Trinajstić information content (AvgIpc) is 2.48. The summed E-state index contributed by atoms with van der Waals surface area (Å²) in [6.07, 6.45) is 2.55. The SMILES string of the molecule is CCc1ccc(C(=O)NC(CCC(C)(C)C)C(=O)O)cc1S(C)(=O)=O. The van der Waals surface area contributed by atoms with E-state index in [-0.39, 0.29) is 15.9 Å². The molecule has 0 fully saturated rings. The fraction of sp³-hybridized carbons (Fsp3) is 0.556. The number of amides is 1. The molecule has 7 heteroatoms. The second-order valence-corrected chi connectivity index (χ2v) is 9.40. The normalized spacial score (nSPS) is 13.3. The van der Waals surface area contributed by atoms with Crippen LogP contribution in [0.25, 0.3) is 0 Å². The molecule has 25 heavy (non-hydrogen) atoms. The van der Waals surface area contributed by atoms with Gasteiger partial charge in [0.15, 0.2) is 9.84 Å². The molecule has 6 nitrogen and oxygen atoms in total.